The number of esters is 2. The molecular formula is C38H41NO6. The van der Waals surface area contributed by atoms with Crippen LogP contribution in [0.1, 0.15) is 70.3 Å². The third-order valence-electron chi connectivity index (χ3n) is 11.1. The monoisotopic (exact) mass is 607 g/mol. The number of amides is 2. The Kier molecular flexibility index (Phi) is 8.19. The molecule has 2 aromatic rings. The van der Waals surface area contributed by atoms with Crippen molar-refractivity contribution in [2.75, 3.05) is 4.90 Å². The second kappa shape index (κ2) is 12.4. The minimum atomic E-state index is -0.554. The van der Waals surface area contributed by atoms with Crippen LogP contribution < -0.4 is 14.4 Å². The van der Waals surface area contributed by atoms with Gasteiger partial charge in [-0.1, -0.05) is 44.1 Å². The van der Waals surface area contributed by atoms with E-state index in [1.165, 1.54) is 36.7 Å². The smallest absolute Gasteiger partial charge is 0.336 e. The van der Waals surface area contributed by atoms with E-state index < -0.39 is 5.97 Å². The van der Waals surface area contributed by atoms with Gasteiger partial charge in [-0.2, -0.15) is 0 Å². The van der Waals surface area contributed by atoms with Crippen LogP contribution in [0, 0.1) is 47.3 Å². The van der Waals surface area contributed by atoms with E-state index in [2.05, 4.69) is 19.1 Å². The number of fused-ring (bicyclic) bond motifs is 5. The van der Waals surface area contributed by atoms with Crippen LogP contribution in [0.2, 0.25) is 0 Å². The van der Waals surface area contributed by atoms with E-state index in [4.69, 9.17) is 9.47 Å². The lowest BCUT2D eigenvalue weighted by Gasteiger charge is -2.36. The second-order valence-corrected chi connectivity index (χ2v) is 13.9. The van der Waals surface area contributed by atoms with Crippen molar-refractivity contribution < 1.29 is 28.7 Å². The van der Waals surface area contributed by atoms with E-state index in [1.54, 1.807) is 54.6 Å². The molecule has 7 nitrogen and oxygen atoms in total. The summed E-state index contributed by atoms with van der Waals surface area (Å²) in [6, 6.07) is 13.5. The summed E-state index contributed by atoms with van der Waals surface area (Å²) in [6.45, 7) is 2.36. The van der Waals surface area contributed by atoms with E-state index in [-0.39, 0.29) is 47.4 Å². The van der Waals surface area contributed by atoms with Crippen molar-refractivity contribution in [3.63, 3.8) is 0 Å². The molecule has 1 saturated heterocycles. The summed E-state index contributed by atoms with van der Waals surface area (Å²) in [6.07, 6.45) is 17.5. The fourth-order valence-electron chi connectivity index (χ4n) is 8.56. The summed E-state index contributed by atoms with van der Waals surface area (Å²) in [4.78, 5) is 52.7. The summed E-state index contributed by atoms with van der Waals surface area (Å²) in [5.74, 6) is 2.09. The van der Waals surface area contributed by atoms with Gasteiger partial charge in [0.1, 0.15) is 11.5 Å². The highest BCUT2D eigenvalue weighted by molar-refractivity contribution is 6.22. The molecule has 4 fully saturated rings. The number of imide groups is 1. The Morgan fingerprint density at radius 1 is 0.711 bits per heavy atom. The SMILES string of the molecule is CC1CCC(C2CCC(C(=O)Oc3ccc(/C=C/C(=O)Oc4ccc(N5C(=O)C6C7C=CC(C7)C6C5=O)cc4)cc3)CC2)CC1. The number of rotatable bonds is 7. The maximum absolute atomic E-state index is 13.0. The van der Waals surface area contributed by atoms with Crippen molar-refractivity contribution in [1.82, 2.24) is 0 Å². The van der Waals surface area contributed by atoms with Crippen molar-refractivity contribution in [3.8, 4) is 11.5 Å². The quantitative estimate of drug-likeness (QED) is 0.109. The summed E-state index contributed by atoms with van der Waals surface area (Å²) in [7, 11) is 0. The average Bonchev–Trinajstić information content (AvgIpc) is 3.75. The molecule has 4 atom stereocenters. The molecule has 7 rings (SSSR count). The number of hydrogen-bond donors (Lipinski definition) is 0. The molecule has 2 bridgehead atoms. The Bertz CT molecular complexity index is 1480. The Balaban J connectivity index is 0.871. The Hall–Kier alpha value is -4.00. The first-order valence-electron chi connectivity index (χ1n) is 16.7. The van der Waals surface area contributed by atoms with Gasteiger partial charge >= 0.3 is 11.9 Å². The maximum atomic E-state index is 13.0. The van der Waals surface area contributed by atoms with Crippen molar-refractivity contribution >= 4 is 35.5 Å². The van der Waals surface area contributed by atoms with Crippen molar-refractivity contribution in [1.29, 1.82) is 0 Å². The molecule has 45 heavy (non-hydrogen) atoms. The molecule has 0 radical (unpaired) electrons. The van der Waals surface area contributed by atoms with Crippen molar-refractivity contribution in [2.45, 2.75) is 64.7 Å². The van der Waals surface area contributed by atoms with Gasteiger partial charge in [-0.15, -0.1) is 0 Å². The first-order chi connectivity index (χ1) is 21.8. The summed E-state index contributed by atoms with van der Waals surface area (Å²) in [5, 5.41) is 0. The summed E-state index contributed by atoms with van der Waals surface area (Å²) >= 11 is 0. The van der Waals surface area contributed by atoms with Gasteiger partial charge in [0.15, 0.2) is 0 Å². The minimum Gasteiger partial charge on any atom is -0.426 e. The van der Waals surface area contributed by atoms with Gasteiger partial charge in [0.05, 0.1) is 23.4 Å². The highest BCUT2D eigenvalue weighted by Gasteiger charge is 2.59. The fraction of sp³-hybridized carbons (Fsp3) is 0.474. The molecule has 0 aromatic heterocycles. The molecule has 3 saturated carbocycles. The van der Waals surface area contributed by atoms with E-state index in [0.29, 0.717) is 17.2 Å². The standard InChI is InChI=1S/C38H41NO6/c1-23-2-7-25(8-3-23)26-9-11-27(12-10-26)38(43)45-32-17-4-24(5-18-32)6-21-33(40)44-31-19-15-30(16-20-31)39-36(41)34-28-13-14-29(22-28)35(34)37(39)42/h4-6,13-21,23,25-29,34-35H,2-3,7-12,22H2,1H3/b21-6+. The third-order valence-corrected chi connectivity index (χ3v) is 11.1. The predicted molar refractivity (Wildman–Crippen MR) is 170 cm³/mol. The lowest BCUT2D eigenvalue weighted by molar-refractivity contribution is -0.140. The third kappa shape index (κ3) is 6.01. The van der Waals surface area contributed by atoms with E-state index in [9.17, 15) is 19.2 Å². The number of hydrogen-bond acceptors (Lipinski definition) is 6. The Morgan fingerprint density at radius 3 is 1.84 bits per heavy atom. The highest BCUT2D eigenvalue weighted by Crippen LogP contribution is 2.53. The molecule has 2 amide bonds. The predicted octanol–water partition coefficient (Wildman–Crippen LogP) is 7.16. The van der Waals surface area contributed by atoms with E-state index in [0.717, 1.165) is 55.4 Å². The van der Waals surface area contributed by atoms with Gasteiger partial charge in [0.25, 0.3) is 0 Å². The number of nitrogens with zero attached hydrogens (tertiary/aromatic N) is 1. The molecule has 4 aliphatic carbocycles. The zero-order chi connectivity index (χ0) is 31.1. The van der Waals surface area contributed by atoms with Gasteiger partial charge in [-0.05, 0) is 123 Å². The molecule has 1 aliphatic heterocycles. The summed E-state index contributed by atoms with van der Waals surface area (Å²) < 4.78 is 11.1. The van der Waals surface area contributed by atoms with E-state index in [1.807, 2.05) is 0 Å². The average molecular weight is 608 g/mol. The van der Waals surface area contributed by atoms with Gasteiger partial charge in [-0.25, -0.2) is 4.79 Å². The van der Waals surface area contributed by atoms with Crippen LogP contribution in [0.4, 0.5) is 5.69 Å². The largest absolute Gasteiger partial charge is 0.426 e. The number of allylic oxidation sites excluding steroid dienone is 2. The van der Waals surface area contributed by atoms with Gasteiger partial charge in [-0.3, -0.25) is 19.3 Å². The highest BCUT2D eigenvalue weighted by atomic mass is 16.5. The lowest BCUT2D eigenvalue weighted by Crippen LogP contribution is -2.32. The molecule has 2 aromatic carbocycles. The topological polar surface area (TPSA) is 90.0 Å². The van der Waals surface area contributed by atoms with Crippen LogP contribution in [0.3, 0.4) is 0 Å². The molecule has 0 N–H and O–H groups in total. The molecule has 234 valence electrons. The number of benzene rings is 2. The Labute approximate surface area is 264 Å². The van der Waals surface area contributed by atoms with Crippen LogP contribution in [-0.2, 0) is 19.2 Å². The molecular weight excluding hydrogens is 566 g/mol. The fourth-order valence-corrected chi connectivity index (χ4v) is 8.56. The first-order valence-corrected chi connectivity index (χ1v) is 16.7. The molecule has 1 heterocycles. The number of anilines is 1. The van der Waals surface area contributed by atoms with Gasteiger partial charge in [0, 0.05) is 6.08 Å². The normalized spacial score (nSPS) is 32.2. The molecule has 5 aliphatic rings. The first kappa shape index (κ1) is 29.7. The maximum Gasteiger partial charge on any atom is 0.336 e. The van der Waals surface area contributed by atoms with Gasteiger partial charge < -0.3 is 9.47 Å². The van der Waals surface area contributed by atoms with Crippen LogP contribution in [0.15, 0.2) is 66.8 Å². The summed E-state index contributed by atoms with van der Waals surface area (Å²) in [5.41, 5.74) is 1.27. The Morgan fingerprint density at radius 2 is 1.24 bits per heavy atom. The van der Waals surface area contributed by atoms with Crippen LogP contribution in [0.5, 0.6) is 11.5 Å². The van der Waals surface area contributed by atoms with Crippen LogP contribution in [-0.4, -0.2) is 23.8 Å². The van der Waals surface area contributed by atoms with Gasteiger partial charge in [0.2, 0.25) is 11.8 Å². The van der Waals surface area contributed by atoms with E-state index >= 15 is 0 Å². The zero-order valence-corrected chi connectivity index (χ0v) is 25.8. The lowest BCUT2D eigenvalue weighted by atomic mass is 9.69. The van der Waals surface area contributed by atoms with Crippen LogP contribution in [0.25, 0.3) is 6.08 Å². The number of carbonyl (C=O) groups excluding carboxylic acids is 4. The van der Waals surface area contributed by atoms with Crippen molar-refractivity contribution in [3.05, 3.63) is 72.3 Å². The minimum absolute atomic E-state index is 0.0319. The number of ether oxygens (including phenoxy) is 2. The molecule has 4 unspecified atom stereocenters. The van der Waals surface area contributed by atoms with Crippen molar-refractivity contribution in [2.24, 2.45) is 47.3 Å². The zero-order valence-electron chi connectivity index (χ0n) is 25.8. The molecule has 0 spiro atoms. The molecule has 7 heteroatoms. The van der Waals surface area contributed by atoms with Crippen LogP contribution >= 0.6 is 0 Å². The number of carbonyl (C=O) groups is 4. The second-order valence-electron chi connectivity index (χ2n) is 13.9.